The zero-order valence-corrected chi connectivity index (χ0v) is 7.49. The monoisotopic (exact) mass is 240 g/mol. The molecule has 2 atom stereocenters. The van der Waals surface area contributed by atoms with Crippen molar-refractivity contribution in [2.75, 3.05) is 6.67 Å². The molecule has 2 unspecified atom stereocenters. The van der Waals surface area contributed by atoms with Crippen LogP contribution in [0.1, 0.15) is 19.3 Å². The summed E-state index contributed by atoms with van der Waals surface area (Å²) in [5.74, 6) is -9.82. The largest absolute Gasteiger partial charge is 0.454 e. The molecular weight excluding hydrogens is 230 g/mol. The lowest BCUT2D eigenvalue weighted by Crippen LogP contribution is -2.57. The number of hydrogen-bond acceptors (Lipinski definition) is 2. The molecule has 0 spiro atoms. The maximum Gasteiger partial charge on any atom is 0.454 e. The van der Waals surface area contributed by atoms with Gasteiger partial charge in [0.15, 0.2) is 0 Å². The van der Waals surface area contributed by atoms with Crippen molar-refractivity contribution in [3.05, 3.63) is 0 Å². The fourth-order valence-electron chi connectivity index (χ4n) is 0.837. The topological polar surface area (TPSA) is 40.5 Å². The highest BCUT2D eigenvalue weighted by Crippen LogP contribution is 2.43. The van der Waals surface area contributed by atoms with E-state index in [1.807, 2.05) is 0 Å². The van der Waals surface area contributed by atoms with Crippen LogP contribution in [0.3, 0.4) is 0 Å². The molecule has 0 radical (unpaired) electrons. The van der Waals surface area contributed by atoms with Crippen molar-refractivity contribution < 1.29 is 36.6 Å². The molecule has 15 heavy (non-hydrogen) atoms. The van der Waals surface area contributed by atoms with Gasteiger partial charge in [-0.25, -0.2) is 4.39 Å². The molecule has 0 amide bonds. The molecule has 0 saturated heterocycles. The molecule has 92 valence electrons. The first-order valence-electron chi connectivity index (χ1n) is 4.01. The van der Waals surface area contributed by atoms with E-state index < -0.39 is 37.4 Å². The number of unbranched alkanes of at least 4 members (excludes halogenated alkanes) is 1. The summed E-state index contributed by atoms with van der Waals surface area (Å²) in [7, 11) is 0. The van der Waals surface area contributed by atoms with E-state index in [1.165, 1.54) is 0 Å². The van der Waals surface area contributed by atoms with E-state index in [9.17, 15) is 26.3 Å². The van der Waals surface area contributed by atoms with Crippen LogP contribution in [0.25, 0.3) is 0 Å². The minimum Gasteiger partial charge on any atom is -0.357 e. The van der Waals surface area contributed by atoms with Gasteiger partial charge in [-0.1, -0.05) is 0 Å². The van der Waals surface area contributed by atoms with E-state index in [1.54, 1.807) is 0 Å². The molecule has 0 aliphatic rings. The van der Waals surface area contributed by atoms with E-state index in [2.05, 4.69) is 0 Å². The van der Waals surface area contributed by atoms with Crippen LogP contribution in [0.4, 0.5) is 26.3 Å². The molecule has 0 fully saturated rings. The Morgan fingerprint density at radius 1 is 0.867 bits per heavy atom. The first-order valence-corrected chi connectivity index (χ1v) is 4.01. The lowest BCUT2D eigenvalue weighted by Gasteiger charge is -2.31. The molecule has 0 rings (SSSR count). The summed E-state index contributed by atoms with van der Waals surface area (Å²) in [6.45, 7) is -0.938. The molecule has 0 heterocycles. The second-order valence-corrected chi connectivity index (χ2v) is 3.03. The summed E-state index contributed by atoms with van der Waals surface area (Å²) >= 11 is 0. The van der Waals surface area contributed by atoms with Gasteiger partial charge < -0.3 is 10.2 Å². The van der Waals surface area contributed by atoms with Crippen molar-refractivity contribution in [2.45, 2.75) is 37.1 Å². The minimum atomic E-state index is -5.95. The summed E-state index contributed by atoms with van der Waals surface area (Å²) in [4.78, 5) is 0. The number of alkyl halides is 6. The van der Waals surface area contributed by atoms with Crippen molar-refractivity contribution in [3.63, 3.8) is 0 Å². The van der Waals surface area contributed by atoms with E-state index in [0.717, 1.165) is 0 Å². The second-order valence-electron chi connectivity index (χ2n) is 3.03. The summed E-state index contributed by atoms with van der Waals surface area (Å²) in [5, 5.41) is 16.6. The van der Waals surface area contributed by atoms with Crippen molar-refractivity contribution in [1.82, 2.24) is 0 Å². The van der Waals surface area contributed by atoms with Crippen LogP contribution in [0.5, 0.6) is 0 Å². The number of hydrogen-bond donors (Lipinski definition) is 2. The van der Waals surface area contributed by atoms with E-state index >= 15 is 0 Å². The van der Waals surface area contributed by atoms with Crippen LogP contribution < -0.4 is 0 Å². The number of halogens is 6. The van der Waals surface area contributed by atoms with Gasteiger partial charge in [0.05, 0.1) is 6.67 Å². The lowest BCUT2D eigenvalue weighted by atomic mass is 10.0. The second kappa shape index (κ2) is 4.56. The van der Waals surface area contributed by atoms with Gasteiger partial charge in [0.2, 0.25) is 0 Å². The predicted molar refractivity (Wildman–Crippen MR) is 38.0 cm³/mol. The van der Waals surface area contributed by atoms with Gasteiger partial charge in [-0.3, -0.25) is 4.39 Å². The van der Waals surface area contributed by atoms with Crippen LogP contribution in [0.15, 0.2) is 0 Å². The molecule has 0 saturated carbocycles. The standard InChI is InChI=1S/C7H10F6O2/c8-4-2-1-3-5(9,14)6(10,15)7(11,12)13/h14-15H,1-4H2. The van der Waals surface area contributed by atoms with E-state index in [0.29, 0.717) is 0 Å². The van der Waals surface area contributed by atoms with Gasteiger partial charge in [0, 0.05) is 6.42 Å². The van der Waals surface area contributed by atoms with Crippen LogP contribution in [0.2, 0.25) is 0 Å². The van der Waals surface area contributed by atoms with Crippen LogP contribution in [-0.4, -0.2) is 34.8 Å². The van der Waals surface area contributed by atoms with Crippen LogP contribution in [0, 0.1) is 0 Å². The average Bonchev–Trinajstić information content (AvgIpc) is 2.02. The predicted octanol–water partition coefficient (Wildman–Crippen LogP) is 2.00. The van der Waals surface area contributed by atoms with Gasteiger partial charge in [-0.05, 0) is 12.8 Å². The summed E-state index contributed by atoms with van der Waals surface area (Å²) in [6, 6.07) is 0. The Balaban J connectivity index is 4.56. The Kier molecular flexibility index (Phi) is 4.41. The van der Waals surface area contributed by atoms with Crippen molar-refractivity contribution >= 4 is 0 Å². The third-order valence-electron chi connectivity index (χ3n) is 1.77. The quantitative estimate of drug-likeness (QED) is 0.570. The molecule has 0 aromatic rings. The van der Waals surface area contributed by atoms with Gasteiger partial charge in [-0.15, -0.1) is 0 Å². The summed E-state index contributed by atoms with van der Waals surface area (Å²) < 4.78 is 72.0. The molecule has 0 aliphatic carbocycles. The molecule has 0 aliphatic heterocycles. The zero-order chi connectivity index (χ0) is 12.3. The first-order chi connectivity index (χ1) is 6.56. The SMILES string of the molecule is OC(F)(CCCCF)C(O)(F)C(F)(F)F. The molecule has 8 heteroatoms. The minimum absolute atomic E-state index is 0.333. The summed E-state index contributed by atoms with van der Waals surface area (Å²) in [6.07, 6.45) is -8.15. The third-order valence-corrected chi connectivity index (χ3v) is 1.77. The van der Waals surface area contributed by atoms with Gasteiger partial charge >= 0.3 is 12.0 Å². The smallest absolute Gasteiger partial charge is 0.357 e. The molecule has 0 bridgehead atoms. The first kappa shape index (κ1) is 14.5. The Labute approximate surface area is 81.5 Å². The average molecular weight is 240 g/mol. The van der Waals surface area contributed by atoms with E-state index in [4.69, 9.17) is 10.2 Å². The summed E-state index contributed by atoms with van der Waals surface area (Å²) in [5.41, 5.74) is 0. The fraction of sp³-hybridized carbons (Fsp3) is 1.00. The van der Waals surface area contributed by atoms with Crippen LogP contribution >= 0.6 is 0 Å². The van der Waals surface area contributed by atoms with Gasteiger partial charge in [0.1, 0.15) is 0 Å². The Morgan fingerprint density at radius 3 is 1.67 bits per heavy atom. The van der Waals surface area contributed by atoms with Gasteiger partial charge in [0.25, 0.3) is 5.85 Å². The molecule has 2 nitrogen and oxygen atoms in total. The van der Waals surface area contributed by atoms with Crippen molar-refractivity contribution in [2.24, 2.45) is 0 Å². The molecular formula is C7H10F6O2. The fourth-order valence-corrected chi connectivity index (χ4v) is 0.837. The highest BCUT2D eigenvalue weighted by molar-refractivity contribution is 4.89. The normalized spacial score (nSPS) is 20.8. The molecule has 2 N–H and O–H groups in total. The van der Waals surface area contributed by atoms with Crippen molar-refractivity contribution in [1.29, 1.82) is 0 Å². The zero-order valence-electron chi connectivity index (χ0n) is 7.49. The maximum atomic E-state index is 12.8. The number of aliphatic hydroxyl groups is 2. The van der Waals surface area contributed by atoms with E-state index in [-0.39, 0.29) is 6.42 Å². The third kappa shape index (κ3) is 3.23. The molecule has 0 aromatic carbocycles. The highest BCUT2D eigenvalue weighted by atomic mass is 19.4. The Morgan fingerprint density at radius 2 is 1.33 bits per heavy atom. The van der Waals surface area contributed by atoms with Crippen LogP contribution in [-0.2, 0) is 0 Å². The van der Waals surface area contributed by atoms with Gasteiger partial charge in [-0.2, -0.15) is 17.6 Å². The Hall–Kier alpha value is -0.500. The number of rotatable bonds is 5. The maximum absolute atomic E-state index is 12.8. The lowest BCUT2D eigenvalue weighted by molar-refractivity contribution is -0.403. The molecule has 0 aromatic heterocycles. The highest BCUT2D eigenvalue weighted by Gasteiger charge is 2.68. The Bertz CT molecular complexity index is 200. The van der Waals surface area contributed by atoms with Crippen molar-refractivity contribution in [3.8, 4) is 0 Å².